The second-order valence-electron chi connectivity index (χ2n) is 4.79. The predicted molar refractivity (Wildman–Crippen MR) is 71.7 cm³/mol. The second-order valence-corrected chi connectivity index (χ2v) is 4.79. The number of nitrogens with zero attached hydrogens (tertiary/aromatic N) is 3. The molecule has 0 radical (unpaired) electrons. The molecule has 0 atom stereocenters. The molecule has 2 rings (SSSR count). The van der Waals surface area contributed by atoms with Crippen molar-refractivity contribution in [3.05, 3.63) is 29.3 Å². The first kappa shape index (κ1) is 13.1. The molecule has 1 fully saturated rings. The lowest BCUT2D eigenvalue weighted by Crippen LogP contribution is -2.34. The lowest BCUT2D eigenvalue weighted by molar-refractivity contribution is 0.101. The van der Waals surface area contributed by atoms with Gasteiger partial charge in [0.2, 0.25) is 0 Å². The Labute approximate surface area is 112 Å². The van der Waals surface area contributed by atoms with Crippen LogP contribution in [0.5, 0.6) is 0 Å². The van der Waals surface area contributed by atoms with Gasteiger partial charge in [-0.05, 0) is 38.0 Å². The summed E-state index contributed by atoms with van der Waals surface area (Å²) in [6.45, 7) is 3.05. The van der Waals surface area contributed by atoms with Gasteiger partial charge in [-0.3, -0.25) is 4.79 Å². The molecule has 1 aliphatic heterocycles. The summed E-state index contributed by atoms with van der Waals surface area (Å²) in [5.74, 6) is 0.109. The van der Waals surface area contributed by atoms with Crippen LogP contribution < -0.4 is 4.90 Å². The van der Waals surface area contributed by atoms with Crippen LogP contribution in [0.15, 0.2) is 18.2 Å². The maximum atomic E-state index is 11.7. The van der Waals surface area contributed by atoms with E-state index in [2.05, 4.69) is 17.0 Å². The Morgan fingerprint density at radius 2 is 2.00 bits per heavy atom. The number of rotatable bonds is 2. The molecular formula is C15H15N3O. The Bertz CT molecular complexity index is 572. The molecule has 1 heterocycles. The van der Waals surface area contributed by atoms with Crippen molar-refractivity contribution in [2.45, 2.75) is 19.8 Å². The van der Waals surface area contributed by atoms with E-state index in [9.17, 15) is 4.79 Å². The molecule has 4 heteroatoms. The predicted octanol–water partition coefficient (Wildman–Crippen LogP) is 2.50. The van der Waals surface area contributed by atoms with Gasteiger partial charge in [0.25, 0.3) is 0 Å². The molecule has 0 amide bonds. The summed E-state index contributed by atoms with van der Waals surface area (Å²) in [5, 5.41) is 17.9. The molecule has 1 aromatic rings. The van der Waals surface area contributed by atoms with Gasteiger partial charge in [0.05, 0.1) is 17.7 Å². The molecule has 0 saturated carbocycles. The van der Waals surface area contributed by atoms with Crippen molar-refractivity contribution in [3.63, 3.8) is 0 Å². The van der Waals surface area contributed by atoms with Crippen molar-refractivity contribution in [2.75, 3.05) is 18.0 Å². The minimum Gasteiger partial charge on any atom is -0.371 e. The highest BCUT2D eigenvalue weighted by molar-refractivity contribution is 6.00. The van der Waals surface area contributed by atoms with Gasteiger partial charge < -0.3 is 4.90 Å². The van der Waals surface area contributed by atoms with Crippen LogP contribution in [0.4, 0.5) is 5.69 Å². The Morgan fingerprint density at radius 1 is 1.32 bits per heavy atom. The number of carbonyl (C=O) groups is 1. The number of hydrogen-bond acceptors (Lipinski definition) is 4. The average Bonchev–Trinajstić information content (AvgIpc) is 2.46. The molecule has 19 heavy (non-hydrogen) atoms. The zero-order chi connectivity index (χ0) is 13.8. The van der Waals surface area contributed by atoms with Crippen molar-refractivity contribution in [2.24, 2.45) is 5.92 Å². The maximum absolute atomic E-state index is 11.7. The summed E-state index contributed by atoms with van der Waals surface area (Å²) in [6.07, 6.45) is 1.62. The number of carbonyl (C=O) groups excluding carboxylic acids is 1. The largest absolute Gasteiger partial charge is 0.371 e. The quantitative estimate of drug-likeness (QED) is 0.759. The van der Waals surface area contributed by atoms with Crippen LogP contribution in [-0.2, 0) is 0 Å². The monoisotopic (exact) mass is 253 g/mol. The van der Waals surface area contributed by atoms with Gasteiger partial charge in [-0.1, -0.05) is 0 Å². The minimum absolute atomic E-state index is 0.00176. The highest BCUT2D eigenvalue weighted by atomic mass is 16.1. The first-order valence-corrected chi connectivity index (χ1v) is 6.35. The van der Waals surface area contributed by atoms with E-state index >= 15 is 0 Å². The molecule has 96 valence electrons. The van der Waals surface area contributed by atoms with Crippen LogP contribution in [0.25, 0.3) is 0 Å². The molecule has 0 unspecified atom stereocenters. The number of Topliss-reactive ketones (excluding diaryl/α,β-unsaturated/α-hetero) is 1. The Kier molecular flexibility index (Phi) is 3.82. The van der Waals surface area contributed by atoms with Gasteiger partial charge in [0.1, 0.15) is 0 Å². The molecule has 4 nitrogen and oxygen atoms in total. The number of nitriles is 2. The maximum Gasteiger partial charge on any atom is 0.161 e. The fourth-order valence-corrected chi connectivity index (χ4v) is 2.41. The summed E-state index contributed by atoms with van der Waals surface area (Å²) in [5.41, 5.74) is 2.03. The lowest BCUT2D eigenvalue weighted by atomic mass is 9.96. The zero-order valence-corrected chi connectivity index (χ0v) is 10.9. The van der Waals surface area contributed by atoms with Crippen LogP contribution in [-0.4, -0.2) is 18.9 Å². The molecule has 0 aromatic heterocycles. The van der Waals surface area contributed by atoms with Gasteiger partial charge in [-0.25, -0.2) is 0 Å². The first-order valence-electron chi connectivity index (χ1n) is 6.35. The molecule has 0 bridgehead atoms. The van der Waals surface area contributed by atoms with Crippen LogP contribution in [0.3, 0.4) is 0 Å². The molecule has 0 aliphatic carbocycles. The fraction of sp³-hybridized carbons (Fsp3) is 0.400. The first-order chi connectivity index (χ1) is 9.15. The molecule has 0 N–H and O–H groups in total. The van der Waals surface area contributed by atoms with E-state index < -0.39 is 0 Å². The van der Waals surface area contributed by atoms with Crippen molar-refractivity contribution in [3.8, 4) is 12.1 Å². The van der Waals surface area contributed by atoms with E-state index in [1.165, 1.54) is 6.92 Å². The SMILES string of the molecule is CC(=O)c1ccc(C#N)cc1N1CCC(C#N)CC1. The van der Waals surface area contributed by atoms with E-state index in [0.717, 1.165) is 31.6 Å². The summed E-state index contributed by atoms with van der Waals surface area (Å²) < 4.78 is 0. The van der Waals surface area contributed by atoms with Crippen LogP contribution in [0.1, 0.15) is 35.7 Å². The number of piperidine rings is 1. The summed E-state index contributed by atoms with van der Waals surface area (Å²) in [6, 6.07) is 9.54. The Hall–Kier alpha value is -2.33. The molecule has 0 spiro atoms. The highest BCUT2D eigenvalue weighted by Crippen LogP contribution is 2.27. The van der Waals surface area contributed by atoms with Crippen LogP contribution in [0.2, 0.25) is 0 Å². The van der Waals surface area contributed by atoms with E-state index in [4.69, 9.17) is 10.5 Å². The van der Waals surface area contributed by atoms with Crippen molar-refractivity contribution < 1.29 is 4.79 Å². The normalized spacial score (nSPS) is 15.6. The third kappa shape index (κ3) is 2.74. The van der Waals surface area contributed by atoms with Gasteiger partial charge >= 0.3 is 0 Å². The number of ketones is 1. The summed E-state index contributed by atoms with van der Waals surface area (Å²) >= 11 is 0. The summed E-state index contributed by atoms with van der Waals surface area (Å²) in [4.78, 5) is 13.8. The van der Waals surface area contributed by atoms with E-state index in [1.54, 1.807) is 18.2 Å². The molecule has 1 aromatic carbocycles. The molecule has 1 aliphatic rings. The van der Waals surface area contributed by atoms with Gasteiger partial charge in [-0.15, -0.1) is 0 Å². The minimum atomic E-state index is 0.00176. The number of anilines is 1. The molecular weight excluding hydrogens is 238 g/mol. The average molecular weight is 253 g/mol. The smallest absolute Gasteiger partial charge is 0.161 e. The molecule has 1 saturated heterocycles. The topological polar surface area (TPSA) is 67.9 Å². The third-order valence-electron chi connectivity index (χ3n) is 3.52. The Balaban J connectivity index is 2.31. The third-order valence-corrected chi connectivity index (χ3v) is 3.52. The Morgan fingerprint density at radius 3 is 2.53 bits per heavy atom. The van der Waals surface area contributed by atoms with Crippen molar-refractivity contribution >= 4 is 11.5 Å². The van der Waals surface area contributed by atoms with E-state index in [0.29, 0.717) is 11.1 Å². The second kappa shape index (κ2) is 5.54. The standard InChI is InChI=1S/C15H15N3O/c1-11(19)14-3-2-13(10-17)8-15(14)18-6-4-12(9-16)5-7-18/h2-3,8,12H,4-7H2,1H3. The van der Waals surface area contributed by atoms with Crippen LogP contribution >= 0.6 is 0 Å². The van der Waals surface area contributed by atoms with Crippen LogP contribution in [0, 0.1) is 28.6 Å². The van der Waals surface area contributed by atoms with Crippen molar-refractivity contribution in [1.29, 1.82) is 10.5 Å². The highest BCUT2D eigenvalue weighted by Gasteiger charge is 2.22. The lowest BCUT2D eigenvalue weighted by Gasteiger charge is -2.32. The van der Waals surface area contributed by atoms with Crippen molar-refractivity contribution in [1.82, 2.24) is 0 Å². The van der Waals surface area contributed by atoms with Gasteiger partial charge in [0.15, 0.2) is 5.78 Å². The van der Waals surface area contributed by atoms with Gasteiger partial charge in [0, 0.05) is 30.3 Å². The van der Waals surface area contributed by atoms with E-state index in [1.807, 2.05) is 0 Å². The zero-order valence-electron chi connectivity index (χ0n) is 10.9. The van der Waals surface area contributed by atoms with Gasteiger partial charge in [-0.2, -0.15) is 10.5 Å². The van der Waals surface area contributed by atoms with E-state index in [-0.39, 0.29) is 11.7 Å². The number of benzene rings is 1. The number of hydrogen-bond donors (Lipinski definition) is 0. The summed E-state index contributed by atoms with van der Waals surface area (Å²) in [7, 11) is 0. The fourth-order valence-electron chi connectivity index (χ4n) is 2.41.